The number of carbonyl (C=O) groups is 1. The van der Waals surface area contributed by atoms with Gasteiger partial charge in [-0.25, -0.2) is 4.79 Å². The molecule has 0 spiro atoms. The van der Waals surface area contributed by atoms with E-state index in [1.54, 1.807) is 18.2 Å². The molecular formula is C16H9ClN2O3. The summed E-state index contributed by atoms with van der Waals surface area (Å²) in [6.07, 6.45) is 3.50. The molecule has 1 aromatic carbocycles. The second kappa shape index (κ2) is 5.51. The zero-order chi connectivity index (χ0) is 15.7. The number of allylic oxidation sites excluding steroid dienone is 1. The van der Waals surface area contributed by atoms with Crippen LogP contribution in [-0.4, -0.2) is 16.1 Å². The van der Waals surface area contributed by atoms with Crippen LogP contribution in [0.5, 0.6) is 5.75 Å². The maximum atomic E-state index is 11.2. The summed E-state index contributed by atoms with van der Waals surface area (Å²) in [5, 5.41) is 18.5. The second-order valence-electron chi connectivity index (χ2n) is 4.67. The summed E-state index contributed by atoms with van der Waals surface area (Å²) in [6, 6.07) is 8.22. The summed E-state index contributed by atoms with van der Waals surface area (Å²) in [5.74, 6) is 0.0471. The summed E-state index contributed by atoms with van der Waals surface area (Å²) in [7, 11) is 0. The van der Waals surface area contributed by atoms with Gasteiger partial charge < -0.3 is 9.84 Å². The van der Waals surface area contributed by atoms with Gasteiger partial charge in [0.15, 0.2) is 0 Å². The molecule has 0 atom stereocenters. The molecule has 1 aliphatic carbocycles. The van der Waals surface area contributed by atoms with Crippen molar-refractivity contribution < 1.29 is 14.6 Å². The first-order valence-corrected chi connectivity index (χ1v) is 6.75. The lowest BCUT2D eigenvalue weighted by Gasteiger charge is -2.07. The van der Waals surface area contributed by atoms with Crippen LogP contribution >= 0.6 is 11.6 Å². The Kier molecular flexibility index (Phi) is 3.53. The van der Waals surface area contributed by atoms with Gasteiger partial charge in [-0.15, -0.1) is 0 Å². The van der Waals surface area contributed by atoms with Crippen LogP contribution in [0.1, 0.15) is 27.2 Å². The molecule has 0 saturated carbocycles. The van der Waals surface area contributed by atoms with Crippen LogP contribution in [0.2, 0.25) is 5.02 Å². The number of aromatic carboxylic acids is 1. The lowest BCUT2D eigenvalue weighted by molar-refractivity contribution is 0.0695. The minimum atomic E-state index is -0.994. The first kappa shape index (κ1) is 14.1. The third-order valence-electron chi connectivity index (χ3n) is 3.28. The first-order chi connectivity index (χ1) is 10.6. The van der Waals surface area contributed by atoms with Gasteiger partial charge in [0.05, 0.1) is 21.8 Å². The fraction of sp³-hybridized carbons (Fsp3) is 0.0625. The van der Waals surface area contributed by atoms with Crippen LogP contribution < -0.4 is 4.74 Å². The van der Waals surface area contributed by atoms with E-state index in [4.69, 9.17) is 21.6 Å². The maximum absolute atomic E-state index is 11.2. The van der Waals surface area contributed by atoms with Crippen molar-refractivity contribution in [2.45, 2.75) is 6.42 Å². The van der Waals surface area contributed by atoms with E-state index in [0.717, 1.165) is 0 Å². The topological polar surface area (TPSA) is 83.2 Å². The van der Waals surface area contributed by atoms with Gasteiger partial charge in [-0.2, -0.15) is 5.26 Å². The Morgan fingerprint density at radius 2 is 2.23 bits per heavy atom. The van der Waals surface area contributed by atoms with E-state index in [0.29, 0.717) is 39.8 Å². The Bertz CT molecular complexity index is 853. The number of hydrogen-bond donors (Lipinski definition) is 1. The highest BCUT2D eigenvalue weighted by Crippen LogP contribution is 2.29. The molecule has 1 heterocycles. The van der Waals surface area contributed by atoms with E-state index in [9.17, 15) is 9.90 Å². The lowest BCUT2D eigenvalue weighted by atomic mass is 10.1. The average molecular weight is 313 g/mol. The third kappa shape index (κ3) is 2.52. The molecule has 1 aliphatic rings. The molecule has 108 valence electrons. The molecule has 0 fully saturated rings. The fourth-order valence-corrected chi connectivity index (χ4v) is 2.43. The lowest BCUT2D eigenvalue weighted by Crippen LogP contribution is -2.04. The molecule has 0 radical (unpaired) electrons. The molecule has 0 saturated heterocycles. The van der Waals surface area contributed by atoms with Crippen LogP contribution in [0.4, 0.5) is 0 Å². The van der Waals surface area contributed by atoms with Crippen LogP contribution in [0.3, 0.4) is 0 Å². The first-order valence-electron chi connectivity index (χ1n) is 6.37. The monoisotopic (exact) mass is 312 g/mol. The fourth-order valence-electron chi connectivity index (χ4n) is 2.27. The highest BCUT2D eigenvalue weighted by Gasteiger charge is 2.22. The van der Waals surface area contributed by atoms with Crippen molar-refractivity contribution in [1.82, 2.24) is 4.98 Å². The number of aromatic nitrogens is 1. The van der Waals surface area contributed by atoms with E-state index in [1.165, 1.54) is 18.3 Å². The average Bonchev–Trinajstić information content (AvgIpc) is 2.91. The van der Waals surface area contributed by atoms with E-state index in [-0.39, 0.29) is 5.56 Å². The number of hydrogen-bond acceptors (Lipinski definition) is 4. The summed E-state index contributed by atoms with van der Waals surface area (Å²) < 4.78 is 5.71. The van der Waals surface area contributed by atoms with Gasteiger partial charge in [-0.3, -0.25) is 4.98 Å². The van der Waals surface area contributed by atoms with Crippen LogP contribution in [0, 0.1) is 11.3 Å². The molecule has 2 aromatic rings. The molecule has 6 heteroatoms. The van der Waals surface area contributed by atoms with E-state index in [2.05, 4.69) is 4.98 Å². The summed E-state index contributed by atoms with van der Waals surface area (Å²) >= 11 is 5.87. The standard InChI is InChI=1S/C16H9ClN2O3/c17-14-2-1-10(5-9(14)8-18)22-11-6-13-12(16(20)21)3-4-19-15(13)7-11/h1-5,7H,6H2,(H,20,21). The Labute approximate surface area is 131 Å². The van der Waals surface area contributed by atoms with Crippen molar-refractivity contribution in [2.75, 3.05) is 0 Å². The number of ether oxygens (including phenoxy) is 1. The minimum Gasteiger partial charge on any atom is -0.478 e. The minimum absolute atomic E-state index is 0.216. The van der Waals surface area contributed by atoms with Gasteiger partial charge in [0.2, 0.25) is 0 Å². The van der Waals surface area contributed by atoms with Crippen molar-refractivity contribution >= 4 is 23.6 Å². The van der Waals surface area contributed by atoms with E-state index in [1.807, 2.05) is 6.07 Å². The molecule has 0 aliphatic heterocycles. The maximum Gasteiger partial charge on any atom is 0.336 e. The molecule has 3 rings (SSSR count). The zero-order valence-electron chi connectivity index (χ0n) is 11.2. The van der Waals surface area contributed by atoms with Crippen LogP contribution in [0.25, 0.3) is 6.08 Å². The van der Waals surface area contributed by atoms with Crippen molar-refractivity contribution in [3.8, 4) is 11.8 Å². The summed E-state index contributed by atoms with van der Waals surface area (Å²) in [4.78, 5) is 15.4. The number of pyridine rings is 1. The highest BCUT2D eigenvalue weighted by molar-refractivity contribution is 6.31. The highest BCUT2D eigenvalue weighted by atomic mass is 35.5. The summed E-state index contributed by atoms with van der Waals surface area (Å²) in [5.41, 5.74) is 1.75. The van der Waals surface area contributed by atoms with Gasteiger partial charge in [0, 0.05) is 24.8 Å². The Balaban J connectivity index is 1.86. The van der Waals surface area contributed by atoms with Crippen molar-refractivity contribution in [2.24, 2.45) is 0 Å². The van der Waals surface area contributed by atoms with Crippen LogP contribution in [-0.2, 0) is 6.42 Å². The Morgan fingerprint density at radius 1 is 1.41 bits per heavy atom. The molecule has 22 heavy (non-hydrogen) atoms. The molecular weight excluding hydrogens is 304 g/mol. The normalized spacial score (nSPS) is 12.3. The number of benzene rings is 1. The van der Waals surface area contributed by atoms with Crippen molar-refractivity contribution in [3.05, 3.63) is 63.6 Å². The number of halogens is 1. The Hall–Kier alpha value is -2.84. The molecule has 5 nitrogen and oxygen atoms in total. The smallest absolute Gasteiger partial charge is 0.336 e. The van der Waals surface area contributed by atoms with Gasteiger partial charge in [0.25, 0.3) is 0 Å². The van der Waals surface area contributed by atoms with Crippen molar-refractivity contribution in [1.29, 1.82) is 5.26 Å². The zero-order valence-corrected chi connectivity index (χ0v) is 12.0. The summed E-state index contributed by atoms with van der Waals surface area (Å²) in [6.45, 7) is 0. The number of nitriles is 1. The molecule has 0 amide bonds. The largest absolute Gasteiger partial charge is 0.478 e. The number of nitrogens with zero attached hydrogens (tertiary/aromatic N) is 2. The molecule has 0 unspecified atom stereocenters. The van der Waals surface area contributed by atoms with Gasteiger partial charge in [0.1, 0.15) is 17.6 Å². The number of carboxylic acid groups (broad SMARTS) is 1. The molecule has 1 aromatic heterocycles. The van der Waals surface area contributed by atoms with Crippen molar-refractivity contribution in [3.63, 3.8) is 0 Å². The molecule has 0 bridgehead atoms. The van der Waals surface area contributed by atoms with E-state index >= 15 is 0 Å². The number of carboxylic acids is 1. The third-order valence-corrected chi connectivity index (χ3v) is 3.61. The Morgan fingerprint density at radius 3 is 2.95 bits per heavy atom. The second-order valence-corrected chi connectivity index (χ2v) is 5.08. The SMILES string of the molecule is N#Cc1cc(OC2=Cc3nccc(C(=O)O)c3C2)ccc1Cl. The van der Waals surface area contributed by atoms with Gasteiger partial charge in [-0.05, 0) is 23.8 Å². The van der Waals surface area contributed by atoms with Crippen LogP contribution in [0.15, 0.2) is 36.2 Å². The number of rotatable bonds is 3. The number of fused-ring (bicyclic) bond motifs is 1. The van der Waals surface area contributed by atoms with E-state index < -0.39 is 5.97 Å². The van der Waals surface area contributed by atoms with Gasteiger partial charge in [-0.1, -0.05) is 11.6 Å². The van der Waals surface area contributed by atoms with Gasteiger partial charge >= 0.3 is 5.97 Å². The predicted molar refractivity (Wildman–Crippen MR) is 79.7 cm³/mol. The predicted octanol–water partition coefficient (Wildman–Crippen LogP) is 3.28. The quantitative estimate of drug-likeness (QED) is 0.940. The molecule has 1 N–H and O–H groups in total.